The molecule has 0 radical (unpaired) electrons. The maximum Gasteiger partial charge on any atom is 0.241 e. The first kappa shape index (κ1) is 14.3. The van der Waals surface area contributed by atoms with Crippen molar-refractivity contribution in [2.75, 3.05) is 38.3 Å². The fourth-order valence-corrected chi connectivity index (χ4v) is 2.55. The van der Waals surface area contributed by atoms with E-state index >= 15 is 0 Å². The summed E-state index contributed by atoms with van der Waals surface area (Å²) in [5.74, 6) is 0.500. The van der Waals surface area contributed by atoms with E-state index in [1.165, 1.54) is 11.5 Å². The molecule has 0 saturated heterocycles. The Morgan fingerprint density at radius 3 is 2.55 bits per heavy atom. The van der Waals surface area contributed by atoms with Gasteiger partial charge in [0, 0.05) is 33.5 Å². The molecule has 0 fully saturated rings. The normalized spacial score (nSPS) is 10.3. The summed E-state index contributed by atoms with van der Waals surface area (Å²) in [5.41, 5.74) is 7.76. The van der Waals surface area contributed by atoms with Crippen LogP contribution in [-0.2, 0) is 4.79 Å². The van der Waals surface area contributed by atoms with Gasteiger partial charge in [-0.2, -0.15) is 4.37 Å². The first-order chi connectivity index (χ1) is 9.50. The fourth-order valence-electron chi connectivity index (χ4n) is 1.76. The Balaban J connectivity index is 2.32. The van der Waals surface area contributed by atoms with Crippen molar-refractivity contribution in [1.82, 2.24) is 14.3 Å². The minimum Gasteiger partial charge on any atom is -0.382 e. The Hall–Kier alpha value is -2.15. The number of carbonyl (C=O) groups is 1. The zero-order valence-electron chi connectivity index (χ0n) is 11.7. The Morgan fingerprint density at radius 1 is 1.30 bits per heavy atom. The van der Waals surface area contributed by atoms with Crippen LogP contribution < -0.4 is 10.6 Å². The number of nitrogens with two attached hydrogens (primary N) is 1. The molecular weight excluding hydrogens is 274 g/mol. The average Bonchev–Trinajstić information content (AvgIpc) is 2.81. The third-order valence-electron chi connectivity index (χ3n) is 2.89. The molecule has 0 atom stereocenters. The number of nitrogens with zero attached hydrogens (tertiary/aromatic N) is 4. The lowest BCUT2D eigenvalue weighted by Crippen LogP contribution is -2.34. The summed E-state index contributed by atoms with van der Waals surface area (Å²) >= 11 is 1.29. The summed E-state index contributed by atoms with van der Waals surface area (Å²) in [7, 11) is 5.33. The summed E-state index contributed by atoms with van der Waals surface area (Å²) in [4.78, 5) is 19.2. The number of rotatable bonds is 4. The van der Waals surface area contributed by atoms with Gasteiger partial charge < -0.3 is 15.5 Å². The highest BCUT2D eigenvalue weighted by Crippen LogP contribution is 2.38. The average molecular weight is 291 g/mol. The zero-order chi connectivity index (χ0) is 14.7. The van der Waals surface area contributed by atoms with Crippen molar-refractivity contribution in [3.05, 3.63) is 24.5 Å². The molecule has 1 amide bonds. The minimum absolute atomic E-state index is 0.0279. The highest BCUT2D eigenvalue weighted by molar-refractivity contribution is 7.11. The van der Waals surface area contributed by atoms with Gasteiger partial charge >= 0.3 is 0 Å². The number of hydrogen-bond donors (Lipinski definition) is 1. The van der Waals surface area contributed by atoms with E-state index in [2.05, 4.69) is 9.36 Å². The summed E-state index contributed by atoms with van der Waals surface area (Å²) in [6.07, 6.45) is 3.42. The number of anilines is 2. The fraction of sp³-hybridized carbons (Fsp3) is 0.308. The van der Waals surface area contributed by atoms with Gasteiger partial charge in [-0.05, 0) is 29.2 Å². The number of nitrogen functional groups attached to an aromatic ring is 1. The Labute approximate surface area is 122 Å². The highest BCUT2D eigenvalue weighted by atomic mass is 32.1. The summed E-state index contributed by atoms with van der Waals surface area (Å²) < 4.78 is 4.20. The molecule has 0 aromatic carbocycles. The lowest BCUT2D eigenvalue weighted by molar-refractivity contribution is -0.127. The van der Waals surface area contributed by atoms with E-state index in [0.717, 1.165) is 16.1 Å². The third kappa shape index (κ3) is 2.88. The lowest BCUT2D eigenvalue weighted by atomic mass is 10.1. The second-order valence-corrected chi connectivity index (χ2v) is 5.38. The number of likely N-dealkylation sites (N-methyl/N-ethyl adjacent to an activating group) is 2. The van der Waals surface area contributed by atoms with Crippen LogP contribution in [0.5, 0.6) is 0 Å². The quantitative estimate of drug-likeness (QED) is 0.919. The third-order valence-corrected chi connectivity index (χ3v) is 3.86. The SMILES string of the molecule is CN(C)C(=O)CN(C)c1snc(N)c1-c1ccncc1. The van der Waals surface area contributed by atoms with Gasteiger partial charge in [-0.1, -0.05) is 0 Å². The van der Waals surface area contributed by atoms with E-state index in [1.54, 1.807) is 31.4 Å². The largest absolute Gasteiger partial charge is 0.382 e. The second kappa shape index (κ2) is 5.87. The van der Waals surface area contributed by atoms with Gasteiger partial charge in [0.2, 0.25) is 5.91 Å². The molecule has 2 rings (SSSR count). The first-order valence-corrected chi connectivity index (χ1v) is 6.85. The van der Waals surface area contributed by atoms with Crippen molar-refractivity contribution in [3.63, 3.8) is 0 Å². The molecule has 2 heterocycles. The summed E-state index contributed by atoms with van der Waals surface area (Å²) in [6, 6.07) is 3.76. The van der Waals surface area contributed by atoms with E-state index in [1.807, 2.05) is 24.1 Å². The highest BCUT2D eigenvalue weighted by Gasteiger charge is 2.19. The van der Waals surface area contributed by atoms with E-state index in [0.29, 0.717) is 5.82 Å². The van der Waals surface area contributed by atoms with Crippen molar-refractivity contribution in [2.45, 2.75) is 0 Å². The number of hydrogen-bond acceptors (Lipinski definition) is 6. The molecule has 0 aliphatic heterocycles. The molecule has 106 valence electrons. The van der Waals surface area contributed by atoms with Crippen molar-refractivity contribution in [3.8, 4) is 11.1 Å². The smallest absolute Gasteiger partial charge is 0.241 e. The molecule has 2 N–H and O–H groups in total. The topological polar surface area (TPSA) is 75.4 Å². The molecule has 20 heavy (non-hydrogen) atoms. The number of pyridine rings is 1. The molecule has 6 nitrogen and oxygen atoms in total. The molecule has 7 heteroatoms. The maximum atomic E-state index is 11.8. The minimum atomic E-state index is 0.0279. The van der Waals surface area contributed by atoms with Crippen molar-refractivity contribution >= 4 is 28.3 Å². The van der Waals surface area contributed by atoms with Crippen LogP contribution in [0.2, 0.25) is 0 Å². The molecule has 2 aromatic rings. The van der Waals surface area contributed by atoms with Crippen molar-refractivity contribution in [2.24, 2.45) is 0 Å². The van der Waals surface area contributed by atoms with Crippen LogP contribution in [0.3, 0.4) is 0 Å². The van der Waals surface area contributed by atoms with Gasteiger partial charge in [-0.25, -0.2) is 0 Å². The predicted octanol–water partition coefficient (Wildman–Crippen LogP) is 1.31. The van der Waals surface area contributed by atoms with Crippen molar-refractivity contribution < 1.29 is 4.79 Å². The second-order valence-electron chi connectivity index (χ2n) is 4.63. The van der Waals surface area contributed by atoms with Crippen LogP contribution in [0.15, 0.2) is 24.5 Å². The molecule has 0 saturated carbocycles. The maximum absolute atomic E-state index is 11.8. The standard InChI is InChI=1S/C13H17N5OS/c1-17(2)10(19)8-18(3)13-11(12(14)16-20-13)9-4-6-15-7-5-9/h4-7H,8H2,1-3H3,(H2,14,16). The van der Waals surface area contributed by atoms with Crippen LogP contribution in [0.4, 0.5) is 10.8 Å². The van der Waals surface area contributed by atoms with Crippen molar-refractivity contribution in [1.29, 1.82) is 0 Å². The molecule has 0 aliphatic carbocycles. The first-order valence-electron chi connectivity index (χ1n) is 6.07. The van der Waals surface area contributed by atoms with Crippen LogP contribution in [0.25, 0.3) is 11.1 Å². The van der Waals surface area contributed by atoms with E-state index in [4.69, 9.17) is 5.73 Å². The van der Waals surface area contributed by atoms with Crippen LogP contribution in [0.1, 0.15) is 0 Å². The monoisotopic (exact) mass is 291 g/mol. The lowest BCUT2D eigenvalue weighted by Gasteiger charge is -2.20. The summed E-state index contributed by atoms with van der Waals surface area (Å²) in [6.45, 7) is 0.284. The molecule has 0 bridgehead atoms. The Bertz CT molecular complexity index is 596. The van der Waals surface area contributed by atoms with E-state index < -0.39 is 0 Å². The number of aromatic nitrogens is 2. The Kier molecular flexibility index (Phi) is 4.19. The summed E-state index contributed by atoms with van der Waals surface area (Å²) in [5, 5.41) is 0.879. The van der Waals surface area contributed by atoms with Crippen LogP contribution in [-0.4, -0.2) is 47.9 Å². The molecule has 0 unspecified atom stereocenters. The zero-order valence-corrected chi connectivity index (χ0v) is 12.5. The van der Waals surface area contributed by atoms with Gasteiger partial charge in [0.15, 0.2) is 0 Å². The van der Waals surface area contributed by atoms with Gasteiger partial charge in [0.25, 0.3) is 0 Å². The van der Waals surface area contributed by atoms with Crippen LogP contribution in [0, 0.1) is 0 Å². The molecular formula is C13H17N5OS. The van der Waals surface area contributed by atoms with Gasteiger partial charge in [-0.15, -0.1) is 0 Å². The van der Waals surface area contributed by atoms with Gasteiger partial charge in [-0.3, -0.25) is 9.78 Å². The predicted molar refractivity (Wildman–Crippen MR) is 81.7 cm³/mol. The molecule has 2 aromatic heterocycles. The van der Waals surface area contributed by atoms with E-state index in [-0.39, 0.29) is 12.5 Å². The Morgan fingerprint density at radius 2 is 1.95 bits per heavy atom. The van der Waals surface area contributed by atoms with Crippen LogP contribution >= 0.6 is 11.5 Å². The van der Waals surface area contributed by atoms with Gasteiger partial charge in [0.05, 0.1) is 12.1 Å². The molecule has 0 spiro atoms. The number of carbonyl (C=O) groups excluding carboxylic acids is 1. The molecule has 0 aliphatic rings. The van der Waals surface area contributed by atoms with Gasteiger partial charge in [0.1, 0.15) is 10.8 Å². The number of amides is 1. The van der Waals surface area contributed by atoms with E-state index in [9.17, 15) is 4.79 Å².